The van der Waals surface area contributed by atoms with E-state index >= 15 is 0 Å². The highest BCUT2D eigenvalue weighted by Gasteiger charge is 2.04. The highest BCUT2D eigenvalue weighted by atomic mass is 16.1. The molecular formula is C7H12N4O. The molecule has 0 radical (unpaired) electrons. The number of ketones is 1. The lowest BCUT2D eigenvalue weighted by atomic mass is 10.2. The maximum atomic E-state index is 10.6. The van der Waals surface area contributed by atoms with Gasteiger partial charge in [-0.05, 0) is 6.92 Å². The van der Waals surface area contributed by atoms with E-state index in [4.69, 9.17) is 5.73 Å². The van der Waals surface area contributed by atoms with E-state index in [0.29, 0.717) is 12.8 Å². The molecule has 1 aromatic heterocycles. The van der Waals surface area contributed by atoms with E-state index in [1.54, 1.807) is 18.7 Å². The molecule has 66 valence electrons. The molecule has 0 bridgehead atoms. The Morgan fingerprint density at radius 2 is 2.33 bits per heavy atom. The number of nitrogens with two attached hydrogens (primary N) is 1. The van der Waals surface area contributed by atoms with Gasteiger partial charge < -0.3 is 10.5 Å². The molecule has 0 aliphatic carbocycles. The van der Waals surface area contributed by atoms with Crippen molar-refractivity contribution >= 4 is 11.7 Å². The Morgan fingerprint density at radius 1 is 1.67 bits per heavy atom. The van der Waals surface area contributed by atoms with Crippen molar-refractivity contribution in [3.8, 4) is 0 Å². The first-order valence-electron chi connectivity index (χ1n) is 3.74. The van der Waals surface area contributed by atoms with Gasteiger partial charge in [0.25, 0.3) is 0 Å². The zero-order valence-corrected chi connectivity index (χ0v) is 7.24. The number of nitrogen functional groups attached to an aromatic ring is 1. The Kier molecular flexibility index (Phi) is 2.42. The molecule has 0 amide bonds. The van der Waals surface area contributed by atoms with Crippen LogP contribution < -0.4 is 5.73 Å². The predicted octanol–water partition coefficient (Wildman–Crippen LogP) is -0.0811. The van der Waals surface area contributed by atoms with Gasteiger partial charge in [0, 0.05) is 19.9 Å². The zero-order chi connectivity index (χ0) is 9.14. The number of Topliss-reactive ketones (excluding diaryl/α,β-unsaturated/α-hetero) is 1. The van der Waals surface area contributed by atoms with Crippen molar-refractivity contribution in [3.63, 3.8) is 0 Å². The molecule has 1 aromatic rings. The van der Waals surface area contributed by atoms with Crippen molar-refractivity contribution in [2.45, 2.75) is 19.8 Å². The third kappa shape index (κ3) is 2.05. The summed E-state index contributed by atoms with van der Waals surface area (Å²) in [5.41, 5.74) is 5.36. The normalized spacial score (nSPS) is 10.2. The van der Waals surface area contributed by atoms with Gasteiger partial charge in [0.15, 0.2) is 0 Å². The molecule has 0 spiro atoms. The monoisotopic (exact) mass is 168 g/mol. The third-order valence-corrected chi connectivity index (χ3v) is 1.57. The van der Waals surface area contributed by atoms with Gasteiger partial charge in [0.05, 0.1) is 0 Å². The van der Waals surface area contributed by atoms with Gasteiger partial charge in [-0.1, -0.05) is 0 Å². The summed E-state index contributed by atoms with van der Waals surface area (Å²) in [6.45, 7) is 1.56. The molecule has 12 heavy (non-hydrogen) atoms. The standard InChI is InChI=1S/C7H12N4O/c1-5(12)3-4-6-9-7(8)10-11(6)2/h3-4H2,1-2H3,(H2,8,10). The van der Waals surface area contributed by atoms with E-state index in [9.17, 15) is 4.79 Å². The maximum absolute atomic E-state index is 10.6. The molecular weight excluding hydrogens is 156 g/mol. The molecule has 5 heteroatoms. The Balaban J connectivity index is 2.62. The Bertz CT molecular complexity index is 292. The van der Waals surface area contributed by atoms with E-state index in [2.05, 4.69) is 10.1 Å². The van der Waals surface area contributed by atoms with Gasteiger partial charge in [-0.2, -0.15) is 4.98 Å². The number of hydrogen-bond acceptors (Lipinski definition) is 4. The lowest BCUT2D eigenvalue weighted by Gasteiger charge is -1.95. The summed E-state index contributed by atoms with van der Waals surface area (Å²) in [6, 6.07) is 0. The molecule has 0 aliphatic heterocycles. The van der Waals surface area contributed by atoms with Crippen LogP contribution in [0.2, 0.25) is 0 Å². The zero-order valence-electron chi connectivity index (χ0n) is 7.24. The molecule has 0 atom stereocenters. The largest absolute Gasteiger partial charge is 0.366 e. The second kappa shape index (κ2) is 3.34. The Labute approximate surface area is 70.6 Å². The summed E-state index contributed by atoms with van der Waals surface area (Å²) in [7, 11) is 1.76. The summed E-state index contributed by atoms with van der Waals surface area (Å²) in [6.07, 6.45) is 1.10. The van der Waals surface area contributed by atoms with Crippen LogP contribution in [-0.2, 0) is 18.3 Å². The smallest absolute Gasteiger partial charge is 0.239 e. The van der Waals surface area contributed by atoms with Gasteiger partial charge in [-0.25, -0.2) is 0 Å². The Morgan fingerprint density at radius 3 is 2.75 bits per heavy atom. The van der Waals surface area contributed by atoms with Crippen LogP contribution in [0.1, 0.15) is 19.2 Å². The lowest BCUT2D eigenvalue weighted by Crippen LogP contribution is -2.02. The molecule has 0 saturated heterocycles. The van der Waals surface area contributed by atoms with Crippen LogP contribution in [0.5, 0.6) is 0 Å². The van der Waals surface area contributed by atoms with Crippen molar-refractivity contribution in [1.82, 2.24) is 14.8 Å². The molecule has 1 heterocycles. The summed E-state index contributed by atoms with van der Waals surface area (Å²) in [5, 5.41) is 3.86. The van der Waals surface area contributed by atoms with Gasteiger partial charge in [0.2, 0.25) is 5.95 Å². The fourth-order valence-electron chi connectivity index (χ4n) is 0.944. The van der Waals surface area contributed by atoms with Crippen LogP contribution in [-0.4, -0.2) is 20.5 Å². The van der Waals surface area contributed by atoms with Crippen molar-refractivity contribution in [2.24, 2.45) is 7.05 Å². The van der Waals surface area contributed by atoms with Crippen LogP contribution in [0.4, 0.5) is 5.95 Å². The molecule has 0 aromatic carbocycles. The first-order chi connectivity index (χ1) is 5.59. The first-order valence-corrected chi connectivity index (χ1v) is 3.74. The molecule has 0 unspecified atom stereocenters. The van der Waals surface area contributed by atoms with Crippen LogP contribution in [0.3, 0.4) is 0 Å². The minimum Gasteiger partial charge on any atom is -0.366 e. The number of aryl methyl sites for hydroxylation is 2. The summed E-state index contributed by atoms with van der Waals surface area (Å²) >= 11 is 0. The highest BCUT2D eigenvalue weighted by Crippen LogP contribution is 2.01. The summed E-state index contributed by atoms with van der Waals surface area (Å²) in [4.78, 5) is 14.6. The van der Waals surface area contributed by atoms with Crippen LogP contribution in [0.15, 0.2) is 0 Å². The van der Waals surface area contributed by atoms with Gasteiger partial charge >= 0.3 is 0 Å². The molecule has 0 saturated carbocycles. The third-order valence-electron chi connectivity index (χ3n) is 1.57. The minimum atomic E-state index is 0.150. The number of rotatable bonds is 3. The number of nitrogens with zero attached hydrogens (tertiary/aromatic N) is 3. The summed E-state index contributed by atoms with van der Waals surface area (Å²) < 4.78 is 1.60. The molecule has 5 nitrogen and oxygen atoms in total. The van der Waals surface area contributed by atoms with Gasteiger partial charge in [-0.15, -0.1) is 5.10 Å². The van der Waals surface area contributed by atoms with Gasteiger partial charge in [0.1, 0.15) is 11.6 Å². The second-order valence-electron chi connectivity index (χ2n) is 2.71. The average molecular weight is 168 g/mol. The minimum absolute atomic E-state index is 0.150. The molecule has 1 rings (SSSR count). The predicted molar refractivity (Wildman–Crippen MR) is 44.4 cm³/mol. The van der Waals surface area contributed by atoms with E-state index in [-0.39, 0.29) is 11.7 Å². The van der Waals surface area contributed by atoms with Crippen molar-refractivity contribution in [1.29, 1.82) is 0 Å². The number of hydrogen-bond donors (Lipinski definition) is 1. The number of carbonyl (C=O) groups excluding carboxylic acids is 1. The van der Waals surface area contributed by atoms with E-state index in [1.807, 2.05) is 0 Å². The topological polar surface area (TPSA) is 73.8 Å². The van der Waals surface area contributed by atoms with Gasteiger partial charge in [-0.3, -0.25) is 4.68 Å². The van der Waals surface area contributed by atoms with Crippen LogP contribution >= 0.6 is 0 Å². The average Bonchev–Trinajstić information content (AvgIpc) is 2.26. The number of aromatic nitrogens is 3. The van der Waals surface area contributed by atoms with Crippen molar-refractivity contribution in [2.75, 3.05) is 5.73 Å². The summed E-state index contributed by atoms with van der Waals surface area (Å²) in [5.74, 6) is 1.16. The number of anilines is 1. The van der Waals surface area contributed by atoms with E-state index < -0.39 is 0 Å². The first kappa shape index (κ1) is 8.70. The fraction of sp³-hybridized carbons (Fsp3) is 0.571. The molecule has 0 aliphatic rings. The quantitative estimate of drug-likeness (QED) is 0.685. The van der Waals surface area contributed by atoms with Crippen LogP contribution in [0.25, 0.3) is 0 Å². The SMILES string of the molecule is CC(=O)CCc1nc(N)nn1C. The van der Waals surface area contributed by atoms with Crippen molar-refractivity contribution < 1.29 is 4.79 Å². The lowest BCUT2D eigenvalue weighted by molar-refractivity contribution is -0.117. The number of carbonyl (C=O) groups is 1. The van der Waals surface area contributed by atoms with Crippen LogP contribution in [0, 0.1) is 0 Å². The highest BCUT2D eigenvalue weighted by molar-refractivity contribution is 5.75. The maximum Gasteiger partial charge on any atom is 0.239 e. The fourth-order valence-corrected chi connectivity index (χ4v) is 0.944. The second-order valence-corrected chi connectivity index (χ2v) is 2.71. The molecule has 0 fully saturated rings. The van der Waals surface area contributed by atoms with Crippen molar-refractivity contribution in [3.05, 3.63) is 5.82 Å². The van der Waals surface area contributed by atoms with E-state index in [1.165, 1.54) is 0 Å². The Hall–Kier alpha value is -1.39. The molecule has 2 N–H and O–H groups in total. The van der Waals surface area contributed by atoms with E-state index in [0.717, 1.165) is 5.82 Å².